The molecule has 0 amide bonds. The van der Waals surface area contributed by atoms with Gasteiger partial charge in [-0.3, -0.25) is 5.43 Å². The van der Waals surface area contributed by atoms with E-state index in [9.17, 15) is 0 Å². The summed E-state index contributed by atoms with van der Waals surface area (Å²) >= 11 is 5.26. The first kappa shape index (κ1) is 6.69. The Kier molecular flexibility index (Phi) is 5.44. The fraction of sp³-hybridized carbons (Fsp3) is 1.00. The quantitative estimate of drug-likeness (QED) is 0.335. The van der Waals surface area contributed by atoms with Crippen LogP contribution in [0.25, 0.3) is 0 Å². The van der Waals surface area contributed by atoms with Gasteiger partial charge in [0.15, 0.2) is 0 Å². The third kappa shape index (κ3) is 5.69. The van der Waals surface area contributed by atoms with E-state index in [1.54, 1.807) is 7.05 Å². The van der Waals surface area contributed by atoms with Crippen LogP contribution in [-0.2, 0) is 0 Å². The number of rotatable bonds is 3. The van der Waals surface area contributed by atoms with E-state index in [0.29, 0.717) is 12.4 Å². The smallest absolute Gasteiger partial charge is 0.0755 e. The summed E-state index contributed by atoms with van der Waals surface area (Å²) in [6.45, 7) is 0.586. The lowest BCUT2D eigenvalue weighted by molar-refractivity contribution is 0.777. The van der Waals surface area contributed by atoms with Gasteiger partial charge in [0.05, 0.1) is 6.54 Å². The van der Waals surface area contributed by atoms with Crippen molar-refractivity contribution in [2.45, 2.75) is 0 Å². The minimum atomic E-state index is 0.533. The summed E-state index contributed by atoms with van der Waals surface area (Å²) in [5.74, 6) is 0.533. The van der Waals surface area contributed by atoms with Crippen LogP contribution in [0.4, 0.5) is 0 Å². The van der Waals surface area contributed by atoms with Crippen molar-refractivity contribution in [2.24, 2.45) is 10.3 Å². The highest BCUT2D eigenvalue weighted by atomic mass is 35.5. The molecule has 0 rings (SSSR count). The van der Waals surface area contributed by atoms with Crippen molar-refractivity contribution in [3.8, 4) is 0 Å². The van der Waals surface area contributed by atoms with E-state index in [2.05, 4.69) is 15.8 Å². The SMILES string of the molecule is CN/N=N\CCCl. The molecule has 0 aliphatic rings. The molecule has 0 aromatic carbocycles. The van der Waals surface area contributed by atoms with E-state index in [1.165, 1.54) is 0 Å². The zero-order valence-electron chi connectivity index (χ0n) is 4.19. The molecule has 0 aromatic heterocycles. The third-order valence-electron chi connectivity index (χ3n) is 0.355. The van der Waals surface area contributed by atoms with Gasteiger partial charge in [-0.25, -0.2) is 0 Å². The summed E-state index contributed by atoms with van der Waals surface area (Å²) in [4.78, 5) is 0. The van der Waals surface area contributed by atoms with Crippen molar-refractivity contribution in [3.63, 3.8) is 0 Å². The van der Waals surface area contributed by atoms with E-state index in [1.807, 2.05) is 0 Å². The second kappa shape index (κ2) is 5.69. The number of nitrogens with zero attached hydrogens (tertiary/aromatic N) is 2. The van der Waals surface area contributed by atoms with E-state index in [0.717, 1.165) is 0 Å². The Labute approximate surface area is 47.7 Å². The van der Waals surface area contributed by atoms with Crippen molar-refractivity contribution >= 4 is 11.6 Å². The summed E-state index contributed by atoms with van der Waals surface area (Å²) in [6, 6.07) is 0. The first-order valence-corrected chi connectivity index (χ1v) is 2.54. The molecule has 0 atom stereocenters. The van der Waals surface area contributed by atoms with Crippen LogP contribution in [0.15, 0.2) is 10.3 Å². The average Bonchev–Trinajstić information content (AvgIpc) is 1.69. The Hall–Kier alpha value is -0.310. The first-order valence-electron chi connectivity index (χ1n) is 2.01. The number of alkyl halides is 1. The van der Waals surface area contributed by atoms with Gasteiger partial charge in [-0.05, 0) is 0 Å². The van der Waals surface area contributed by atoms with Crippen LogP contribution in [0.2, 0.25) is 0 Å². The van der Waals surface area contributed by atoms with Crippen molar-refractivity contribution in [3.05, 3.63) is 0 Å². The Morgan fingerprint density at radius 2 is 2.43 bits per heavy atom. The van der Waals surface area contributed by atoms with Gasteiger partial charge in [-0.1, -0.05) is 5.22 Å². The van der Waals surface area contributed by atoms with Gasteiger partial charge in [-0.2, -0.15) is 5.11 Å². The minimum Gasteiger partial charge on any atom is -0.295 e. The maximum absolute atomic E-state index is 5.26. The highest BCUT2D eigenvalue weighted by Gasteiger charge is 1.70. The number of hydrogen-bond donors (Lipinski definition) is 1. The molecule has 0 aliphatic carbocycles. The average molecular weight is 122 g/mol. The van der Waals surface area contributed by atoms with Gasteiger partial charge in [-0.15, -0.1) is 11.6 Å². The van der Waals surface area contributed by atoms with Crippen molar-refractivity contribution in [1.29, 1.82) is 0 Å². The van der Waals surface area contributed by atoms with Gasteiger partial charge < -0.3 is 0 Å². The third-order valence-corrected chi connectivity index (χ3v) is 0.524. The summed E-state index contributed by atoms with van der Waals surface area (Å²) < 4.78 is 0. The molecule has 0 saturated carbocycles. The maximum Gasteiger partial charge on any atom is 0.0755 e. The normalized spacial score (nSPS) is 10.0. The van der Waals surface area contributed by atoms with Crippen LogP contribution in [0, 0.1) is 0 Å². The highest BCUT2D eigenvalue weighted by Crippen LogP contribution is 1.74. The van der Waals surface area contributed by atoms with Crippen molar-refractivity contribution in [1.82, 2.24) is 5.43 Å². The molecule has 0 heterocycles. The Morgan fingerprint density at radius 1 is 1.71 bits per heavy atom. The van der Waals surface area contributed by atoms with Crippen LogP contribution in [0.1, 0.15) is 0 Å². The number of halogens is 1. The molecule has 0 fully saturated rings. The summed E-state index contributed by atoms with van der Waals surface area (Å²) in [7, 11) is 1.69. The lowest BCUT2D eigenvalue weighted by Crippen LogP contribution is -1.91. The van der Waals surface area contributed by atoms with Crippen LogP contribution in [0.3, 0.4) is 0 Å². The summed E-state index contributed by atoms with van der Waals surface area (Å²) in [6.07, 6.45) is 0. The fourth-order valence-electron chi connectivity index (χ4n) is 0.159. The van der Waals surface area contributed by atoms with Crippen molar-refractivity contribution < 1.29 is 0 Å². The molecule has 0 bridgehead atoms. The molecule has 7 heavy (non-hydrogen) atoms. The lowest BCUT2D eigenvalue weighted by atomic mass is 10.8. The molecule has 42 valence electrons. The highest BCUT2D eigenvalue weighted by molar-refractivity contribution is 6.18. The topological polar surface area (TPSA) is 36.8 Å². The van der Waals surface area contributed by atoms with Gasteiger partial charge in [0.2, 0.25) is 0 Å². The summed E-state index contributed by atoms with van der Waals surface area (Å²) in [5.41, 5.74) is 2.50. The second-order valence-electron chi connectivity index (χ2n) is 0.878. The molecule has 4 heteroatoms. The molecule has 0 spiro atoms. The van der Waals surface area contributed by atoms with Gasteiger partial charge in [0.25, 0.3) is 0 Å². The monoisotopic (exact) mass is 121 g/mol. The number of hydrogen-bond acceptors (Lipinski definition) is 2. The zero-order chi connectivity index (χ0) is 5.54. The van der Waals surface area contributed by atoms with Crippen molar-refractivity contribution in [2.75, 3.05) is 19.5 Å². The predicted molar refractivity (Wildman–Crippen MR) is 29.5 cm³/mol. The first-order chi connectivity index (χ1) is 3.41. The standard InChI is InChI=1S/C3H8ClN3/c1-5-7-6-3-2-4/h2-3H2,1H3,(H,5,6). The molecule has 0 unspecified atom stereocenters. The van der Waals surface area contributed by atoms with E-state index in [-0.39, 0.29) is 0 Å². The van der Waals surface area contributed by atoms with Gasteiger partial charge >= 0.3 is 0 Å². The lowest BCUT2D eigenvalue weighted by Gasteiger charge is -1.81. The summed E-state index contributed by atoms with van der Waals surface area (Å²) in [5, 5.41) is 7.04. The van der Waals surface area contributed by atoms with Crippen LogP contribution in [-0.4, -0.2) is 19.5 Å². The molecule has 0 aliphatic heterocycles. The zero-order valence-corrected chi connectivity index (χ0v) is 4.94. The van der Waals surface area contributed by atoms with E-state index >= 15 is 0 Å². The molecule has 1 N–H and O–H groups in total. The minimum absolute atomic E-state index is 0.533. The molecular weight excluding hydrogens is 114 g/mol. The Morgan fingerprint density at radius 3 is 2.86 bits per heavy atom. The molecule has 0 radical (unpaired) electrons. The number of nitrogens with one attached hydrogen (secondary N) is 1. The van der Waals surface area contributed by atoms with Gasteiger partial charge in [0, 0.05) is 12.9 Å². The molecule has 0 saturated heterocycles. The van der Waals surface area contributed by atoms with Crippen LogP contribution in [0.5, 0.6) is 0 Å². The molecule has 0 aromatic rings. The Bertz CT molecular complexity index is 54.1. The largest absolute Gasteiger partial charge is 0.295 e. The van der Waals surface area contributed by atoms with Crippen LogP contribution >= 0.6 is 11.6 Å². The van der Waals surface area contributed by atoms with Gasteiger partial charge in [0.1, 0.15) is 0 Å². The predicted octanol–water partition coefficient (Wildman–Crippen LogP) is 0.812. The van der Waals surface area contributed by atoms with E-state index in [4.69, 9.17) is 11.6 Å². The Balaban J connectivity index is 2.78. The molecule has 3 nitrogen and oxygen atoms in total. The fourth-order valence-corrected chi connectivity index (χ4v) is 0.234. The maximum atomic E-state index is 5.26. The second-order valence-corrected chi connectivity index (χ2v) is 1.26. The van der Waals surface area contributed by atoms with Crippen LogP contribution < -0.4 is 5.43 Å². The van der Waals surface area contributed by atoms with E-state index < -0.39 is 0 Å². The molecular formula is C3H8ClN3.